The Hall–Kier alpha value is -0.930. The van der Waals surface area contributed by atoms with Gasteiger partial charge in [-0.2, -0.15) is 0 Å². The van der Waals surface area contributed by atoms with Crippen molar-refractivity contribution in [2.24, 2.45) is 0 Å². The first kappa shape index (κ1) is 13.1. The molecule has 0 radical (unpaired) electrons. The minimum atomic E-state index is 0.0657. The van der Waals surface area contributed by atoms with Gasteiger partial charge in [0, 0.05) is 23.9 Å². The van der Waals surface area contributed by atoms with Crippen molar-refractivity contribution in [1.82, 2.24) is 0 Å². The van der Waals surface area contributed by atoms with Crippen LogP contribution in [0.4, 0.5) is 5.69 Å². The Balaban J connectivity index is 1.70. The van der Waals surface area contributed by atoms with E-state index in [2.05, 4.69) is 0 Å². The number of anilines is 1. The Morgan fingerprint density at radius 2 is 2.11 bits per heavy atom. The van der Waals surface area contributed by atoms with Gasteiger partial charge in [0.15, 0.2) is 0 Å². The van der Waals surface area contributed by atoms with Crippen LogP contribution in [-0.2, 0) is 4.74 Å². The molecule has 2 N–H and O–H groups in total. The minimum absolute atomic E-state index is 0.0657. The Bertz CT molecular complexity index is 457. The maximum atomic E-state index is 6.06. The van der Waals surface area contributed by atoms with Crippen LogP contribution in [-0.4, -0.2) is 18.3 Å². The second-order valence-electron chi connectivity index (χ2n) is 5.65. The molecule has 3 nitrogen and oxygen atoms in total. The number of nitrogens with two attached hydrogens (primary N) is 1. The summed E-state index contributed by atoms with van der Waals surface area (Å²) < 4.78 is 12.1. The molecule has 0 aromatic heterocycles. The Labute approximate surface area is 119 Å². The predicted molar refractivity (Wildman–Crippen MR) is 76.7 cm³/mol. The molecule has 4 heteroatoms. The van der Waals surface area contributed by atoms with E-state index in [1.165, 1.54) is 12.8 Å². The first-order chi connectivity index (χ1) is 9.17. The van der Waals surface area contributed by atoms with Crippen molar-refractivity contribution in [3.63, 3.8) is 0 Å². The van der Waals surface area contributed by atoms with E-state index < -0.39 is 0 Å². The van der Waals surface area contributed by atoms with Crippen LogP contribution in [0.25, 0.3) is 0 Å². The monoisotopic (exact) mass is 281 g/mol. The Morgan fingerprint density at radius 1 is 1.32 bits per heavy atom. The topological polar surface area (TPSA) is 44.5 Å². The summed E-state index contributed by atoms with van der Waals surface area (Å²) in [6, 6.07) is 5.38. The fourth-order valence-electron chi connectivity index (χ4n) is 3.24. The summed E-state index contributed by atoms with van der Waals surface area (Å²) in [5.74, 6) is 0.701. The molecule has 3 rings (SSSR count). The van der Waals surface area contributed by atoms with E-state index in [0.29, 0.717) is 16.5 Å². The lowest BCUT2D eigenvalue weighted by Gasteiger charge is -2.38. The molecule has 1 atom stereocenters. The summed E-state index contributed by atoms with van der Waals surface area (Å²) >= 11 is 5.99. The van der Waals surface area contributed by atoms with Gasteiger partial charge in [0.25, 0.3) is 0 Å². The van der Waals surface area contributed by atoms with Crippen molar-refractivity contribution in [1.29, 1.82) is 0 Å². The SMILES string of the molecule is Nc1ccc(Cl)cc1OC1CCOC2(CCCC2)C1. The van der Waals surface area contributed by atoms with E-state index in [9.17, 15) is 0 Å². The van der Waals surface area contributed by atoms with Crippen LogP contribution in [0.3, 0.4) is 0 Å². The zero-order valence-corrected chi connectivity index (χ0v) is 11.8. The van der Waals surface area contributed by atoms with Crippen molar-refractivity contribution in [3.05, 3.63) is 23.2 Å². The van der Waals surface area contributed by atoms with Crippen LogP contribution in [0.15, 0.2) is 18.2 Å². The van der Waals surface area contributed by atoms with Gasteiger partial charge in [-0.05, 0) is 25.0 Å². The molecular formula is C15H20ClNO2. The lowest BCUT2D eigenvalue weighted by Crippen LogP contribution is -2.41. The number of hydrogen-bond donors (Lipinski definition) is 1. The molecule has 1 aliphatic carbocycles. The molecule has 0 amide bonds. The summed E-state index contributed by atoms with van der Waals surface area (Å²) in [5, 5.41) is 0.659. The van der Waals surface area contributed by atoms with Crippen LogP contribution in [0, 0.1) is 0 Å². The summed E-state index contributed by atoms with van der Waals surface area (Å²) in [6.45, 7) is 0.783. The second kappa shape index (κ2) is 5.22. The molecule has 1 saturated carbocycles. The third-order valence-electron chi connectivity index (χ3n) is 4.23. The van der Waals surface area contributed by atoms with E-state index in [1.54, 1.807) is 18.2 Å². The van der Waals surface area contributed by atoms with Crippen LogP contribution in [0.2, 0.25) is 5.02 Å². The average Bonchev–Trinajstić information content (AvgIpc) is 2.82. The molecule has 1 unspecified atom stereocenters. The molecular weight excluding hydrogens is 262 g/mol. The first-order valence-electron chi connectivity index (χ1n) is 7.03. The van der Waals surface area contributed by atoms with Crippen LogP contribution < -0.4 is 10.5 Å². The fourth-order valence-corrected chi connectivity index (χ4v) is 3.40. The fraction of sp³-hybridized carbons (Fsp3) is 0.600. The molecule has 2 aliphatic rings. The van der Waals surface area contributed by atoms with E-state index in [4.69, 9.17) is 26.8 Å². The maximum Gasteiger partial charge on any atom is 0.144 e. The highest BCUT2D eigenvalue weighted by atomic mass is 35.5. The molecule has 0 bridgehead atoms. The minimum Gasteiger partial charge on any atom is -0.488 e. The molecule has 1 spiro atoms. The largest absolute Gasteiger partial charge is 0.488 e. The molecule has 19 heavy (non-hydrogen) atoms. The normalized spacial score (nSPS) is 25.6. The van der Waals surface area contributed by atoms with Crippen molar-refractivity contribution in [2.75, 3.05) is 12.3 Å². The highest BCUT2D eigenvalue weighted by molar-refractivity contribution is 6.30. The van der Waals surface area contributed by atoms with Crippen LogP contribution >= 0.6 is 11.6 Å². The quantitative estimate of drug-likeness (QED) is 0.839. The van der Waals surface area contributed by atoms with Crippen molar-refractivity contribution >= 4 is 17.3 Å². The van der Waals surface area contributed by atoms with E-state index in [1.807, 2.05) is 0 Å². The van der Waals surface area contributed by atoms with Gasteiger partial charge in [0.05, 0.1) is 17.9 Å². The summed E-state index contributed by atoms with van der Waals surface area (Å²) in [5.41, 5.74) is 6.65. The number of nitrogen functional groups attached to an aromatic ring is 1. The van der Waals surface area contributed by atoms with Crippen molar-refractivity contribution in [2.45, 2.75) is 50.2 Å². The average molecular weight is 282 g/mol. The van der Waals surface area contributed by atoms with E-state index >= 15 is 0 Å². The molecule has 1 saturated heterocycles. The summed E-state index contributed by atoms with van der Waals surface area (Å²) in [6.07, 6.45) is 6.95. The third-order valence-corrected chi connectivity index (χ3v) is 4.47. The van der Waals surface area contributed by atoms with E-state index in [0.717, 1.165) is 32.3 Å². The lowest BCUT2D eigenvalue weighted by molar-refractivity contribution is -0.108. The Kier molecular flexibility index (Phi) is 3.59. The standard InChI is InChI=1S/C15H20ClNO2/c16-11-3-4-13(17)14(9-11)19-12-5-8-18-15(10-12)6-1-2-7-15/h3-4,9,12H,1-2,5-8,10,17H2. The molecule has 2 fully saturated rings. The zero-order chi connectivity index (χ0) is 13.3. The number of hydrogen-bond acceptors (Lipinski definition) is 3. The second-order valence-corrected chi connectivity index (χ2v) is 6.09. The summed E-state index contributed by atoms with van der Waals surface area (Å²) in [7, 11) is 0. The van der Waals surface area contributed by atoms with Gasteiger partial charge in [-0.25, -0.2) is 0 Å². The van der Waals surface area contributed by atoms with Crippen molar-refractivity contribution in [3.8, 4) is 5.75 Å². The highest BCUT2D eigenvalue weighted by Gasteiger charge is 2.40. The number of halogens is 1. The smallest absolute Gasteiger partial charge is 0.144 e. The van der Waals surface area contributed by atoms with Gasteiger partial charge >= 0.3 is 0 Å². The number of ether oxygens (including phenoxy) is 2. The molecule has 1 heterocycles. The van der Waals surface area contributed by atoms with Crippen molar-refractivity contribution < 1.29 is 9.47 Å². The third kappa shape index (κ3) is 2.82. The molecule has 1 aliphatic heterocycles. The number of benzene rings is 1. The Morgan fingerprint density at radius 3 is 2.89 bits per heavy atom. The number of rotatable bonds is 2. The van der Waals surface area contributed by atoms with Gasteiger partial charge in [-0.15, -0.1) is 0 Å². The van der Waals surface area contributed by atoms with Gasteiger partial charge in [0.1, 0.15) is 11.9 Å². The van der Waals surface area contributed by atoms with E-state index in [-0.39, 0.29) is 11.7 Å². The van der Waals surface area contributed by atoms with Crippen LogP contribution in [0.1, 0.15) is 38.5 Å². The maximum absolute atomic E-state index is 6.06. The zero-order valence-electron chi connectivity index (χ0n) is 11.0. The van der Waals surface area contributed by atoms with Gasteiger partial charge in [-0.1, -0.05) is 24.4 Å². The molecule has 104 valence electrons. The predicted octanol–water partition coefficient (Wildman–Crippen LogP) is 3.79. The molecule has 1 aromatic rings. The van der Waals surface area contributed by atoms with Gasteiger partial charge < -0.3 is 15.2 Å². The van der Waals surface area contributed by atoms with Gasteiger partial charge in [0.2, 0.25) is 0 Å². The first-order valence-corrected chi connectivity index (χ1v) is 7.40. The van der Waals surface area contributed by atoms with Gasteiger partial charge in [-0.3, -0.25) is 0 Å². The van der Waals surface area contributed by atoms with Crippen LogP contribution in [0.5, 0.6) is 5.75 Å². The summed E-state index contributed by atoms with van der Waals surface area (Å²) in [4.78, 5) is 0. The lowest BCUT2D eigenvalue weighted by atomic mass is 9.90. The molecule has 1 aromatic carbocycles. The highest BCUT2D eigenvalue weighted by Crippen LogP contribution is 2.41.